The van der Waals surface area contributed by atoms with E-state index in [-0.39, 0.29) is 11.9 Å². The van der Waals surface area contributed by atoms with Crippen molar-refractivity contribution in [2.24, 2.45) is 0 Å². The van der Waals surface area contributed by atoms with Crippen molar-refractivity contribution in [3.63, 3.8) is 0 Å². The average molecular weight is 368 g/mol. The molecular weight excluding hydrogens is 340 g/mol. The minimum atomic E-state index is -0.160. The molecule has 0 bridgehead atoms. The van der Waals surface area contributed by atoms with Crippen molar-refractivity contribution in [3.05, 3.63) is 58.7 Å². The molecule has 0 atom stereocenters. The first-order valence-corrected chi connectivity index (χ1v) is 9.22. The Labute approximate surface area is 161 Å². The zero-order valence-electron chi connectivity index (χ0n) is 16.5. The number of carbonyl (C=O) groups excluding carboxylic acids is 2. The van der Waals surface area contributed by atoms with E-state index in [0.29, 0.717) is 24.3 Å². The van der Waals surface area contributed by atoms with E-state index in [2.05, 4.69) is 0 Å². The monoisotopic (exact) mass is 368 g/mol. The second kappa shape index (κ2) is 9.21. The van der Waals surface area contributed by atoms with Gasteiger partial charge in [0.1, 0.15) is 0 Å². The number of nitrogens with two attached hydrogens (primary N) is 1. The van der Waals surface area contributed by atoms with E-state index in [9.17, 15) is 9.59 Å². The lowest BCUT2D eigenvalue weighted by Crippen LogP contribution is -2.27. The van der Waals surface area contributed by atoms with Gasteiger partial charge < -0.3 is 15.4 Å². The first-order chi connectivity index (χ1) is 12.8. The molecule has 0 aliphatic carbocycles. The van der Waals surface area contributed by atoms with Gasteiger partial charge in [-0.3, -0.25) is 9.59 Å². The standard InChI is InChI=1S/C22H28N2O3/c1-5-27-21(25)8-6-7-17-9-11-19(12-10-17)24(4)22(26)20-14-18(23)13-15(2)16(20)3/h9-14H,5-8,23H2,1-4H3. The molecule has 5 nitrogen and oxygen atoms in total. The first kappa shape index (κ1) is 20.5. The van der Waals surface area contributed by atoms with Crippen LogP contribution in [0.2, 0.25) is 0 Å². The fourth-order valence-electron chi connectivity index (χ4n) is 2.96. The number of hydrogen-bond donors (Lipinski definition) is 1. The summed E-state index contributed by atoms with van der Waals surface area (Å²) in [5.41, 5.74) is 11.0. The van der Waals surface area contributed by atoms with Crippen molar-refractivity contribution in [2.45, 2.75) is 40.0 Å². The SMILES string of the molecule is CCOC(=O)CCCc1ccc(N(C)C(=O)c2cc(N)cc(C)c2C)cc1. The summed E-state index contributed by atoms with van der Waals surface area (Å²) < 4.78 is 4.93. The van der Waals surface area contributed by atoms with Gasteiger partial charge in [0.25, 0.3) is 5.91 Å². The van der Waals surface area contributed by atoms with E-state index in [1.54, 1.807) is 24.9 Å². The van der Waals surface area contributed by atoms with E-state index in [1.807, 2.05) is 44.2 Å². The van der Waals surface area contributed by atoms with Gasteiger partial charge in [-0.05, 0) is 74.6 Å². The Morgan fingerprint density at radius 1 is 1.11 bits per heavy atom. The molecule has 1 amide bonds. The smallest absolute Gasteiger partial charge is 0.305 e. The van der Waals surface area contributed by atoms with Crippen molar-refractivity contribution in [1.82, 2.24) is 0 Å². The normalized spacial score (nSPS) is 10.5. The van der Waals surface area contributed by atoms with Crippen molar-refractivity contribution in [1.29, 1.82) is 0 Å². The predicted octanol–water partition coefficient (Wildman–Crippen LogP) is 4.05. The number of benzene rings is 2. The Balaban J connectivity index is 2.04. The van der Waals surface area contributed by atoms with Gasteiger partial charge in [-0.2, -0.15) is 0 Å². The van der Waals surface area contributed by atoms with Gasteiger partial charge in [-0.15, -0.1) is 0 Å². The summed E-state index contributed by atoms with van der Waals surface area (Å²) >= 11 is 0. The third kappa shape index (κ3) is 5.33. The highest BCUT2D eigenvalue weighted by atomic mass is 16.5. The van der Waals surface area contributed by atoms with E-state index < -0.39 is 0 Å². The molecule has 0 unspecified atom stereocenters. The maximum absolute atomic E-state index is 12.9. The number of amides is 1. The van der Waals surface area contributed by atoms with Crippen molar-refractivity contribution in [2.75, 3.05) is 24.3 Å². The van der Waals surface area contributed by atoms with E-state index >= 15 is 0 Å². The zero-order chi connectivity index (χ0) is 20.0. The van der Waals surface area contributed by atoms with Crippen LogP contribution in [0.3, 0.4) is 0 Å². The number of aryl methyl sites for hydroxylation is 2. The Kier molecular flexibility index (Phi) is 6.99. The van der Waals surface area contributed by atoms with Crippen molar-refractivity contribution in [3.8, 4) is 0 Å². The summed E-state index contributed by atoms with van der Waals surface area (Å²) in [6.45, 7) is 6.11. The van der Waals surface area contributed by atoms with Crippen LogP contribution in [0, 0.1) is 13.8 Å². The molecule has 2 N–H and O–H groups in total. The van der Waals surface area contributed by atoms with Crippen molar-refractivity contribution >= 4 is 23.3 Å². The minimum absolute atomic E-state index is 0.0852. The van der Waals surface area contributed by atoms with Crippen LogP contribution in [-0.4, -0.2) is 25.5 Å². The third-order valence-corrected chi connectivity index (χ3v) is 4.70. The Bertz CT molecular complexity index is 813. The van der Waals surface area contributed by atoms with Crippen LogP contribution in [-0.2, 0) is 16.0 Å². The van der Waals surface area contributed by atoms with Gasteiger partial charge in [-0.25, -0.2) is 0 Å². The van der Waals surface area contributed by atoms with Crippen LogP contribution >= 0.6 is 0 Å². The Morgan fingerprint density at radius 3 is 2.41 bits per heavy atom. The number of hydrogen-bond acceptors (Lipinski definition) is 4. The lowest BCUT2D eigenvalue weighted by atomic mass is 10.0. The molecule has 2 rings (SSSR count). The summed E-state index contributed by atoms with van der Waals surface area (Å²) in [5.74, 6) is -0.245. The number of rotatable bonds is 7. The topological polar surface area (TPSA) is 72.6 Å². The largest absolute Gasteiger partial charge is 0.466 e. The molecule has 0 aromatic heterocycles. The Morgan fingerprint density at radius 2 is 1.78 bits per heavy atom. The molecule has 0 fully saturated rings. The molecule has 5 heteroatoms. The van der Waals surface area contributed by atoms with Gasteiger partial charge >= 0.3 is 5.97 Å². The van der Waals surface area contributed by atoms with Gasteiger partial charge in [0, 0.05) is 30.4 Å². The molecular formula is C22H28N2O3. The summed E-state index contributed by atoms with van der Waals surface area (Å²) in [4.78, 5) is 25.9. The summed E-state index contributed by atoms with van der Waals surface area (Å²) in [6, 6.07) is 11.4. The number of esters is 1. The number of nitrogens with zero attached hydrogens (tertiary/aromatic N) is 1. The number of ether oxygens (including phenoxy) is 1. The Hall–Kier alpha value is -2.82. The molecule has 0 spiro atoms. The van der Waals surface area contributed by atoms with Gasteiger partial charge in [0.05, 0.1) is 6.61 Å². The highest BCUT2D eigenvalue weighted by Crippen LogP contribution is 2.22. The maximum Gasteiger partial charge on any atom is 0.305 e. The molecule has 2 aromatic rings. The first-order valence-electron chi connectivity index (χ1n) is 9.22. The number of carbonyl (C=O) groups is 2. The lowest BCUT2D eigenvalue weighted by Gasteiger charge is -2.20. The second-order valence-electron chi connectivity index (χ2n) is 6.70. The zero-order valence-corrected chi connectivity index (χ0v) is 16.5. The average Bonchev–Trinajstić information content (AvgIpc) is 2.64. The fraction of sp³-hybridized carbons (Fsp3) is 0.364. The van der Waals surface area contributed by atoms with Crippen LogP contribution in [0.4, 0.5) is 11.4 Å². The van der Waals surface area contributed by atoms with Gasteiger partial charge in [0.2, 0.25) is 0 Å². The van der Waals surface area contributed by atoms with Gasteiger partial charge in [0.15, 0.2) is 0 Å². The quantitative estimate of drug-likeness (QED) is 0.591. The summed E-state index contributed by atoms with van der Waals surface area (Å²) in [7, 11) is 1.76. The van der Waals surface area contributed by atoms with Crippen LogP contribution in [0.25, 0.3) is 0 Å². The molecule has 0 heterocycles. The minimum Gasteiger partial charge on any atom is -0.466 e. The molecule has 0 saturated carbocycles. The lowest BCUT2D eigenvalue weighted by molar-refractivity contribution is -0.143. The molecule has 0 radical (unpaired) electrons. The molecule has 0 saturated heterocycles. The number of anilines is 2. The van der Waals surface area contributed by atoms with Gasteiger partial charge in [-0.1, -0.05) is 12.1 Å². The predicted molar refractivity (Wildman–Crippen MR) is 109 cm³/mol. The second-order valence-corrected chi connectivity index (χ2v) is 6.70. The van der Waals surface area contributed by atoms with Crippen LogP contribution in [0.15, 0.2) is 36.4 Å². The van der Waals surface area contributed by atoms with Crippen LogP contribution in [0.1, 0.15) is 46.8 Å². The number of nitrogen functional groups attached to an aromatic ring is 1. The van der Waals surface area contributed by atoms with Crippen molar-refractivity contribution < 1.29 is 14.3 Å². The molecule has 2 aromatic carbocycles. The van der Waals surface area contributed by atoms with E-state index in [0.717, 1.165) is 35.2 Å². The fourth-order valence-corrected chi connectivity index (χ4v) is 2.96. The summed E-state index contributed by atoms with van der Waals surface area (Å²) in [5, 5.41) is 0. The highest BCUT2D eigenvalue weighted by Gasteiger charge is 2.17. The maximum atomic E-state index is 12.9. The third-order valence-electron chi connectivity index (χ3n) is 4.70. The van der Waals surface area contributed by atoms with E-state index in [1.165, 1.54) is 0 Å². The molecule has 27 heavy (non-hydrogen) atoms. The molecule has 144 valence electrons. The highest BCUT2D eigenvalue weighted by molar-refractivity contribution is 6.07. The van der Waals surface area contributed by atoms with E-state index in [4.69, 9.17) is 10.5 Å². The summed E-state index contributed by atoms with van der Waals surface area (Å²) in [6.07, 6.45) is 1.96. The van der Waals surface area contributed by atoms with Crippen LogP contribution < -0.4 is 10.6 Å². The van der Waals surface area contributed by atoms with Crippen LogP contribution in [0.5, 0.6) is 0 Å². The molecule has 0 aliphatic rings. The molecule has 0 aliphatic heterocycles.